The molecular weight excluding hydrogens is 158 g/mol. The van der Waals surface area contributed by atoms with Gasteiger partial charge in [0.15, 0.2) is 0 Å². The van der Waals surface area contributed by atoms with Crippen LogP contribution in [0.1, 0.15) is 32.6 Å². The Labute approximate surface area is 72.7 Å². The molecule has 0 aromatic rings. The van der Waals surface area contributed by atoms with E-state index in [1.54, 1.807) is 0 Å². The van der Waals surface area contributed by atoms with Crippen molar-refractivity contribution in [1.82, 2.24) is 0 Å². The maximum atomic E-state index is 11.9. The Kier molecular flexibility index (Phi) is 3.70. The van der Waals surface area contributed by atoms with Gasteiger partial charge in [0, 0.05) is 0 Å². The van der Waals surface area contributed by atoms with E-state index in [2.05, 4.69) is 6.42 Å². The van der Waals surface area contributed by atoms with Gasteiger partial charge in [-0.15, -0.1) is 0 Å². The highest BCUT2D eigenvalue weighted by atomic mass is 19.3. The van der Waals surface area contributed by atoms with Crippen molar-refractivity contribution in [2.45, 2.75) is 32.6 Å². The summed E-state index contributed by atoms with van der Waals surface area (Å²) in [7, 11) is 0. The van der Waals surface area contributed by atoms with Crippen LogP contribution in [0.5, 0.6) is 0 Å². The van der Waals surface area contributed by atoms with Crippen molar-refractivity contribution in [3.63, 3.8) is 0 Å². The average molecular weight is 173 g/mol. The maximum absolute atomic E-state index is 11.9. The molecule has 0 bridgehead atoms. The molecular formula is C10H15F2. The van der Waals surface area contributed by atoms with Gasteiger partial charge in [-0.05, 0) is 50.0 Å². The van der Waals surface area contributed by atoms with Gasteiger partial charge in [-0.1, -0.05) is 6.92 Å². The van der Waals surface area contributed by atoms with Gasteiger partial charge in [-0.2, -0.15) is 8.78 Å². The first-order valence-electron chi connectivity index (χ1n) is 4.58. The summed E-state index contributed by atoms with van der Waals surface area (Å²) in [6.07, 6.45) is 5.83. The molecule has 0 heterocycles. The molecule has 1 fully saturated rings. The third-order valence-electron chi connectivity index (χ3n) is 2.36. The van der Waals surface area contributed by atoms with E-state index in [4.69, 9.17) is 0 Å². The molecule has 0 aromatic carbocycles. The molecule has 2 heteroatoms. The van der Waals surface area contributed by atoms with E-state index in [0.29, 0.717) is 0 Å². The molecule has 1 aliphatic carbocycles. The van der Waals surface area contributed by atoms with Crippen molar-refractivity contribution in [3.05, 3.63) is 18.6 Å². The van der Waals surface area contributed by atoms with E-state index >= 15 is 0 Å². The molecule has 0 aromatic heterocycles. The number of halogens is 2. The second-order valence-electron chi connectivity index (χ2n) is 3.43. The van der Waals surface area contributed by atoms with E-state index in [-0.39, 0.29) is 5.92 Å². The van der Waals surface area contributed by atoms with Crippen molar-refractivity contribution < 1.29 is 8.78 Å². The summed E-state index contributed by atoms with van der Waals surface area (Å²) in [4.78, 5) is 0. The van der Waals surface area contributed by atoms with E-state index in [1.165, 1.54) is 6.42 Å². The lowest BCUT2D eigenvalue weighted by atomic mass is 9.99. The predicted octanol–water partition coefficient (Wildman–Crippen LogP) is 3.80. The molecule has 0 aliphatic heterocycles. The lowest BCUT2D eigenvalue weighted by molar-refractivity contribution is 0.400. The second kappa shape index (κ2) is 4.58. The van der Waals surface area contributed by atoms with E-state index < -0.39 is 6.08 Å². The van der Waals surface area contributed by atoms with Gasteiger partial charge in [0.05, 0.1) is 0 Å². The van der Waals surface area contributed by atoms with Gasteiger partial charge in [-0.25, -0.2) is 0 Å². The minimum absolute atomic E-state index is 0.0870. The molecule has 69 valence electrons. The molecule has 1 rings (SSSR count). The fraction of sp³-hybridized carbons (Fsp3) is 0.700. The van der Waals surface area contributed by atoms with Gasteiger partial charge in [-0.3, -0.25) is 0 Å². The van der Waals surface area contributed by atoms with E-state index in [0.717, 1.165) is 31.3 Å². The van der Waals surface area contributed by atoms with Crippen LogP contribution in [0.15, 0.2) is 12.2 Å². The Balaban J connectivity index is 2.19. The number of rotatable bonds is 5. The smallest absolute Gasteiger partial charge is 0.174 e. The highest BCUT2D eigenvalue weighted by Crippen LogP contribution is 2.34. The fourth-order valence-corrected chi connectivity index (χ4v) is 1.34. The van der Waals surface area contributed by atoms with Crippen LogP contribution in [0.25, 0.3) is 0 Å². The molecule has 1 radical (unpaired) electrons. The summed E-state index contributed by atoms with van der Waals surface area (Å²) >= 11 is 0. The standard InChI is InChI=1S/C10H15F2/c1-2-8(7-10(11)12)3-4-9-5-6-9/h5,7-9H,2-4,6H2,1H3. The van der Waals surface area contributed by atoms with Gasteiger partial charge in [0.25, 0.3) is 6.08 Å². The van der Waals surface area contributed by atoms with Crippen LogP contribution >= 0.6 is 0 Å². The van der Waals surface area contributed by atoms with Crippen LogP contribution in [-0.4, -0.2) is 0 Å². The monoisotopic (exact) mass is 173 g/mol. The summed E-state index contributed by atoms with van der Waals surface area (Å²) in [5.74, 6) is 0.819. The molecule has 0 spiro atoms. The Hall–Kier alpha value is -0.400. The maximum Gasteiger partial charge on any atom is 0.266 e. The van der Waals surface area contributed by atoms with Gasteiger partial charge in [0.2, 0.25) is 0 Å². The minimum Gasteiger partial charge on any atom is -0.174 e. The van der Waals surface area contributed by atoms with E-state index in [1.807, 2.05) is 6.92 Å². The Morgan fingerprint density at radius 2 is 2.33 bits per heavy atom. The minimum atomic E-state index is -1.53. The molecule has 0 saturated heterocycles. The first-order valence-corrected chi connectivity index (χ1v) is 4.58. The van der Waals surface area contributed by atoms with Crippen LogP contribution in [0, 0.1) is 18.3 Å². The lowest BCUT2D eigenvalue weighted by Gasteiger charge is -2.07. The van der Waals surface area contributed by atoms with Gasteiger partial charge < -0.3 is 0 Å². The van der Waals surface area contributed by atoms with Crippen LogP contribution in [0.4, 0.5) is 8.78 Å². The predicted molar refractivity (Wildman–Crippen MR) is 45.7 cm³/mol. The quantitative estimate of drug-likeness (QED) is 0.593. The third-order valence-corrected chi connectivity index (χ3v) is 2.36. The zero-order chi connectivity index (χ0) is 8.97. The summed E-state index contributed by atoms with van der Waals surface area (Å²) < 4.78 is 23.7. The van der Waals surface area contributed by atoms with Gasteiger partial charge in [0.1, 0.15) is 0 Å². The molecule has 12 heavy (non-hydrogen) atoms. The molecule has 0 N–H and O–H groups in total. The van der Waals surface area contributed by atoms with Crippen LogP contribution in [-0.2, 0) is 0 Å². The number of hydrogen-bond acceptors (Lipinski definition) is 0. The largest absolute Gasteiger partial charge is 0.266 e. The molecule has 2 atom stereocenters. The second-order valence-corrected chi connectivity index (χ2v) is 3.43. The normalized spacial score (nSPS) is 18.9. The first kappa shape index (κ1) is 9.69. The fourth-order valence-electron chi connectivity index (χ4n) is 1.34. The third kappa shape index (κ3) is 3.84. The van der Waals surface area contributed by atoms with Crippen LogP contribution in [0.2, 0.25) is 0 Å². The van der Waals surface area contributed by atoms with Crippen molar-refractivity contribution >= 4 is 0 Å². The van der Waals surface area contributed by atoms with Gasteiger partial charge >= 0.3 is 0 Å². The number of allylic oxidation sites excluding steroid dienone is 1. The number of hydrogen-bond donors (Lipinski definition) is 0. The molecule has 1 aliphatic rings. The van der Waals surface area contributed by atoms with E-state index in [9.17, 15) is 8.78 Å². The van der Waals surface area contributed by atoms with Crippen LogP contribution in [0.3, 0.4) is 0 Å². The van der Waals surface area contributed by atoms with Crippen molar-refractivity contribution in [2.24, 2.45) is 11.8 Å². The summed E-state index contributed by atoms with van der Waals surface area (Å²) in [6.45, 7) is 1.96. The zero-order valence-corrected chi connectivity index (χ0v) is 7.39. The summed E-state index contributed by atoms with van der Waals surface area (Å²) in [5.41, 5.74) is 0. The average Bonchev–Trinajstić information content (AvgIpc) is 2.80. The SMILES string of the molecule is CCC(C=C(F)F)CCC1[CH]C1. The van der Waals surface area contributed by atoms with Crippen LogP contribution < -0.4 is 0 Å². The summed E-state index contributed by atoms with van der Waals surface area (Å²) in [6, 6.07) is 0. The lowest BCUT2D eigenvalue weighted by Crippen LogP contribution is -1.95. The molecule has 0 nitrogen and oxygen atoms in total. The van der Waals surface area contributed by atoms with Crippen molar-refractivity contribution in [3.8, 4) is 0 Å². The highest BCUT2D eigenvalue weighted by molar-refractivity contribution is 4.96. The topological polar surface area (TPSA) is 0 Å². The first-order chi connectivity index (χ1) is 5.72. The van der Waals surface area contributed by atoms with Crippen molar-refractivity contribution in [2.75, 3.05) is 0 Å². The Morgan fingerprint density at radius 1 is 1.67 bits per heavy atom. The zero-order valence-electron chi connectivity index (χ0n) is 7.39. The molecule has 0 amide bonds. The Morgan fingerprint density at radius 3 is 2.75 bits per heavy atom. The summed E-state index contributed by atoms with van der Waals surface area (Å²) in [5, 5.41) is 0. The Bertz CT molecular complexity index is 155. The molecule has 2 unspecified atom stereocenters. The highest BCUT2D eigenvalue weighted by Gasteiger charge is 2.22. The molecule has 1 saturated carbocycles. The van der Waals surface area contributed by atoms with Crippen molar-refractivity contribution in [1.29, 1.82) is 0 Å².